The van der Waals surface area contributed by atoms with E-state index in [0.29, 0.717) is 11.8 Å². The predicted molar refractivity (Wildman–Crippen MR) is 109 cm³/mol. The van der Waals surface area contributed by atoms with Crippen molar-refractivity contribution in [2.24, 2.45) is 0 Å². The van der Waals surface area contributed by atoms with Gasteiger partial charge in [0, 0.05) is 10.9 Å². The molecule has 0 amide bonds. The molecule has 3 aromatic heterocycles. The SMILES string of the molecule is Cc1cccc(-c2nnc(-c3cc(-c4cccs4)nc4ccccc34)o2)c1. The van der Waals surface area contributed by atoms with Crippen molar-refractivity contribution >= 4 is 22.2 Å². The summed E-state index contributed by atoms with van der Waals surface area (Å²) in [5.41, 5.74) is 4.80. The minimum Gasteiger partial charge on any atom is -0.416 e. The van der Waals surface area contributed by atoms with Gasteiger partial charge in [0.1, 0.15) is 0 Å². The molecule has 0 saturated carbocycles. The third kappa shape index (κ3) is 2.92. The molecule has 0 saturated heterocycles. The molecule has 4 nitrogen and oxygen atoms in total. The van der Waals surface area contributed by atoms with Gasteiger partial charge in [-0.15, -0.1) is 21.5 Å². The van der Waals surface area contributed by atoms with Gasteiger partial charge in [-0.25, -0.2) is 4.98 Å². The fourth-order valence-electron chi connectivity index (χ4n) is 3.13. The van der Waals surface area contributed by atoms with Crippen molar-refractivity contribution in [1.82, 2.24) is 15.2 Å². The summed E-state index contributed by atoms with van der Waals surface area (Å²) in [7, 11) is 0. The van der Waals surface area contributed by atoms with Gasteiger partial charge in [-0.1, -0.05) is 42.0 Å². The molecule has 0 aliphatic rings. The number of benzene rings is 2. The smallest absolute Gasteiger partial charge is 0.248 e. The van der Waals surface area contributed by atoms with Gasteiger partial charge in [0.2, 0.25) is 11.8 Å². The highest BCUT2D eigenvalue weighted by Gasteiger charge is 2.16. The Morgan fingerprint density at radius 3 is 2.59 bits per heavy atom. The van der Waals surface area contributed by atoms with Gasteiger partial charge >= 0.3 is 0 Å². The van der Waals surface area contributed by atoms with Crippen LogP contribution in [0.1, 0.15) is 5.56 Å². The number of hydrogen-bond donors (Lipinski definition) is 0. The van der Waals surface area contributed by atoms with Gasteiger partial charge in [0.25, 0.3) is 0 Å². The van der Waals surface area contributed by atoms with E-state index < -0.39 is 0 Å². The maximum atomic E-state index is 6.04. The van der Waals surface area contributed by atoms with E-state index in [1.165, 1.54) is 0 Å². The maximum Gasteiger partial charge on any atom is 0.248 e. The van der Waals surface area contributed by atoms with Crippen LogP contribution in [0, 0.1) is 6.92 Å². The Kier molecular flexibility index (Phi) is 3.80. The molecule has 27 heavy (non-hydrogen) atoms. The second-order valence-corrected chi connectivity index (χ2v) is 7.28. The zero-order valence-corrected chi connectivity index (χ0v) is 15.4. The lowest BCUT2D eigenvalue weighted by atomic mass is 10.1. The highest BCUT2D eigenvalue weighted by atomic mass is 32.1. The Labute approximate surface area is 160 Å². The average molecular weight is 369 g/mol. The maximum absolute atomic E-state index is 6.04. The summed E-state index contributed by atoms with van der Waals surface area (Å²) in [5.74, 6) is 1.02. The molecule has 3 heterocycles. The van der Waals surface area contributed by atoms with E-state index in [-0.39, 0.29) is 0 Å². The molecule has 0 fully saturated rings. The summed E-state index contributed by atoms with van der Waals surface area (Å²) in [6.07, 6.45) is 0. The van der Waals surface area contributed by atoms with Gasteiger partial charge in [0.15, 0.2) is 0 Å². The Morgan fingerprint density at radius 2 is 1.74 bits per heavy atom. The first kappa shape index (κ1) is 15.9. The van der Waals surface area contributed by atoms with E-state index in [0.717, 1.165) is 38.2 Å². The van der Waals surface area contributed by atoms with Gasteiger partial charge in [0.05, 0.1) is 21.7 Å². The van der Waals surface area contributed by atoms with Crippen LogP contribution >= 0.6 is 11.3 Å². The zero-order chi connectivity index (χ0) is 18.2. The van der Waals surface area contributed by atoms with E-state index in [1.54, 1.807) is 11.3 Å². The Bertz CT molecular complexity index is 1240. The first-order valence-electron chi connectivity index (χ1n) is 8.62. The standard InChI is InChI=1S/C22H15N3OS/c1-14-6-4-7-15(12-14)21-24-25-22(26-21)17-13-19(20-10-5-11-27-20)23-18-9-3-2-8-16(17)18/h2-13H,1H3. The van der Waals surface area contributed by atoms with E-state index >= 15 is 0 Å². The van der Waals surface area contributed by atoms with Crippen LogP contribution in [-0.4, -0.2) is 15.2 Å². The van der Waals surface area contributed by atoms with E-state index in [9.17, 15) is 0 Å². The molecular weight excluding hydrogens is 354 g/mol. The van der Waals surface area contributed by atoms with Crippen molar-refractivity contribution in [3.8, 4) is 33.5 Å². The van der Waals surface area contributed by atoms with E-state index in [1.807, 2.05) is 67.6 Å². The number of aromatic nitrogens is 3. The molecule has 0 N–H and O–H groups in total. The van der Waals surface area contributed by atoms with Crippen LogP contribution in [0.15, 0.2) is 76.5 Å². The van der Waals surface area contributed by atoms with Crippen molar-refractivity contribution in [3.05, 3.63) is 77.7 Å². The number of aryl methyl sites for hydroxylation is 1. The minimum atomic E-state index is 0.503. The molecule has 0 unspecified atom stereocenters. The molecule has 0 radical (unpaired) electrons. The lowest BCUT2D eigenvalue weighted by molar-refractivity contribution is 0.585. The highest BCUT2D eigenvalue weighted by Crippen LogP contribution is 2.34. The Balaban J connectivity index is 1.69. The molecule has 0 bridgehead atoms. The molecule has 5 rings (SSSR count). The van der Waals surface area contributed by atoms with Gasteiger partial charge < -0.3 is 4.42 Å². The zero-order valence-electron chi connectivity index (χ0n) is 14.6. The van der Waals surface area contributed by atoms with Gasteiger partial charge in [-0.05, 0) is 42.6 Å². The lowest BCUT2D eigenvalue weighted by Gasteiger charge is -2.06. The number of rotatable bonds is 3. The molecule has 0 atom stereocenters. The van der Waals surface area contributed by atoms with Crippen LogP contribution in [0.3, 0.4) is 0 Å². The highest BCUT2D eigenvalue weighted by molar-refractivity contribution is 7.13. The number of fused-ring (bicyclic) bond motifs is 1. The van der Waals surface area contributed by atoms with Crippen LogP contribution in [0.5, 0.6) is 0 Å². The number of para-hydroxylation sites is 1. The molecular formula is C22H15N3OS. The third-order valence-corrected chi connectivity index (χ3v) is 5.30. The first-order valence-corrected chi connectivity index (χ1v) is 9.50. The fraction of sp³-hybridized carbons (Fsp3) is 0.0455. The summed E-state index contributed by atoms with van der Waals surface area (Å²) < 4.78 is 6.04. The van der Waals surface area contributed by atoms with Crippen LogP contribution in [0.2, 0.25) is 0 Å². The predicted octanol–water partition coefficient (Wildman–Crippen LogP) is 5.99. The van der Waals surface area contributed by atoms with Crippen LogP contribution < -0.4 is 0 Å². The monoisotopic (exact) mass is 369 g/mol. The third-order valence-electron chi connectivity index (χ3n) is 4.41. The average Bonchev–Trinajstić information content (AvgIpc) is 3.39. The number of hydrogen-bond acceptors (Lipinski definition) is 5. The summed E-state index contributed by atoms with van der Waals surface area (Å²) in [6.45, 7) is 2.05. The summed E-state index contributed by atoms with van der Waals surface area (Å²) in [4.78, 5) is 5.91. The summed E-state index contributed by atoms with van der Waals surface area (Å²) in [5, 5.41) is 11.6. The van der Waals surface area contributed by atoms with Crippen molar-refractivity contribution in [2.75, 3.05) is 0 Å². The van der Waals surface area contributed by atoms with E-state index in [4.69, 9.17) is 9.40 Å². The normalized spacial score (nSPS) is 11.1. The van der Waals surface area contributed by atoms with Crippen LogP contribution in [-0.2, 0) is 0 Å². The Morgan fingerprint density at radius 1 is 0.852 bits per heavy atom. The van der Waals surface area contributed by atoms with Crippen LogP contribution in [0.25, 0.3) is 44.4 Å². The lowest BCUT2D eigenvalue weighted by Crippen LogP contribution is -1.88. The number of thiophene rings is 1. The molecule has 2 aromatic carbocycles. The molecule has 5 heteroatoms. The van der Waals surface area contributed by atoms with Gasteiger partial charge in [-0.3, -0.25) is 0 Å². The Hall–Kier alpha value is -3.31. The molecule has 130 valence electrons. The quantitative estimate of drug-likeness (QED) is 0.392. The minimum absolute atomic E-state index is 0.503. The van der Waals surface area contributed by atoms with E-state index in [2.05, 4.69) is 21.6 Å². The summed E-state index contributed by atoms with van der Waals surface area (Å²) >= 11 is 1.66. The number of nitrogens with zero attached hydrogens (tertiary/aromatic N) is 3. The van der Waals surface area contributed by atoms with Crippen LogP contribution in [0.4, 0.5) is 0 Å². The molecule has 0 aliphatic heterocycles. The van der Waals surface area contributed by atoms with Crippen molar-refractivity contribution in [3.63, 3.8) is 0 Å². The van der Waals surface area contributed by atoms with Crippen molar-refractivity contribution < 1.29 is 4.42 Å². The largest absolute Gasteiger partial charge is 0.416 e. The second kappa shape index (κ2) is 6.45. The van der Waals surface area contributed by atoms with Crippen molar-refractivity contribution in [2.45, 2.75) is 6.92 Å². The summed E-state index contributed by atoms with van der Waals surface area (Å²) in [6, 6.07) is 22.2. The first-order chi connectivity index (χ1) is 13.3. The number of pyridine rings is 1. The second-order valence-electron chi connectivity index (χ2n) is 6.33. The topological polar surface area (TPSA) is 51.8 Å². The molecule has 5 aromatic rings. The fourth-order valence-corrected chi connectivity index (χ4v) is 3.82. The van der Waals surface area contributed by atoms with Crippen molar-refractivity contribution in [1.29, 1.82) is 0 Å². The molecule has 0 spiro atoms. The molecule has 0 aliphatic carbocycles. The van der Waals surface area contributed by atoms with Gasteiger partial charge in [-0.2, -0.15) is 0 Å².